The molecule has 4 rings (SSSR count). The summed E-state index contributed by atoms with van der Waals surface area (Å²) in [6, 6.07) is 22.1. The lowest BCUT2D eigenvalue weighted by Crippen LogP contribution is -2.41. The van der Waals surface area contributed by atoms with Crippen molar-refractivity contribution < 1.29 is 14.6 Å². The number of benzene rings is 3. The van der Waals surface area contributed by atoms with Crippen LogP contribution in [0.1, 0.15) is 22.3 Å². The number of carbonyl (C=O) groups excluding carboxylic acids is 1. The van der Waals surface area contributed by atoms with Gasteiger partial charge in [-0.05, 0) is 17.2 Å². The van der Waals surface area contributed by atoms with E-state index in [1.807, 2.05) is 60.7 Å². The number of nitrogens with one attached hydrogen (secondary N) is 2. The molecule has 1 heterocycles. The molecule has 0 radical (unpaired) electrons. The Morgan fingerprint density at radius 2 is 1.52 bits per heavy atom. The molecule has 2 N–H and O–H groups in total. The highest BCUT2D eigenvalue weighted by molar-refractivity contribution is 8.14. The molecule has 10 nitrogen and oxygen atoms in total. The fourth-order valence-electron chi connectivity index (χ4n) is 3.47. The maximum atomic E-state index is 13.1. The molecule has 1 fully saturated rings. The van der Waals surface area contributed by atoms with Crippen LogP contribution in [-0.2, 0) is 4.79 Å². The monoisotopic (exact) mass is 463 g/mol. The first-order valence-electron chi connectivity index (χ1n) is 9.78. The van der Waals surface area contributed by atoms with Gasteiger partial charge >= 0.3 is 5.69 Å². The first-order valence-corrected chi connectivity index (χ1v) is 10.7. The summed E-state index contributed by atoms with van der Waals surface area (Å²) in [5.74, 6) is -0.723. The number of rotatable bonds is 6. The van der Waals surface area contributed by atoms with Crippen molar-refractivity contribution in [1.82, 2.24) is 5.32 Å². The van der Waals surface area contributed by atoms with Gasteiger partial charge in [0.2, 0.25) is 5.91 Å². The van der Waals surface area contributed by atoms with Gasteiger partial charge < -0.3 is 5.32 Å². The Kier molecular flexibility index (Phi) is 6.31. The zero-order valence-electron chi connectivity index (χ0n) is 17.0. The van der Waals surface area contributed by atoms with E-state index in [1.54, 1.807) is 0 Å². The minimum Gasteiger partial charge on any atom is -0.303 e. The zero-order valence-corrected chi connectivity index (χ0v) is 17.8. The summed E-state index contributed by atoms with van der Waals surface area (Å²) in [5, 5.41) is 29.1. The fraction of sp³-hybridized carbons (Fsp3) is 0.0909. The lowest BCUT2D eigenvalue weighted by atomic mass is 9.90. The SMILES string of the molecule is O=C1NC(=NNc2ccc([N+](=O)[O-])cc2[N+](=O)[O-])SC(c2ccccc2)C1c1ccccc1. The molecule has 0 aromatic heterocycles. The van der Waals surface area contributed by atoms with Gasteiger partial charge in [0, 0.05) is 6.07 Å². The van der Waals surface area contributed by atoms with Crippen molar-refractivity contribution in [3.8, 4) is 0 Å². The van der Waals surface area contributed by atoms with Crippen LogP contribution in [0.25, 0.3) is 0 Å². The molecule has 0 spiro atoms. The number of amidine groups is 1. The highest BCUT2D eigenvalue weighted by Gasteiger charge is 2.38. The molecular formula is C22H17N5O5S. The number of nitro groups is 2. The van der Waals surface area contributed by atoms with Crippen LogP contribution in [0.2, 0.25) is 0 Å². The van der Waals surface area contributed by atoms with Crippen LogP contribution in [0.4, 0.5) is 17.1 Å². The summed E-state index contributed by atoms with van der Waals surface area (Å²) in [5.41, 5.74) is 3.41. The zero-order chi connectivity index (χ0) is 23.4. The van der Waals surface area contributed by atoms with E-state index in [0.717, 1.165) is 23.3 Å². The number of hydrazone groups is 1. The maximum Gasteiger partial charge on any atom is 0.301 e. The molecule has 0 saturated carbocycles. The second kappa shape index (κ2) is 9.49. The predicted molar refractivity (Wildman–Crippen MR) is 125 cm³/mol. The average Bonchev–Trinajstić information content (AvgIpc) is 2.83. The normalized spacial score (nSPS) is 19.0. The Morgan fingerprint density at radius 3 is 2.12 bits per heavy atom. The Labute approximate surface area is 192 Å². The lowest BCUT2D eigenvalue weighted by molar-refractivity contribution is -0.393. The predicted octanol–water partition coefficient (Wildman–Crippen LogP) is 4.57. The lowest BCUT2D eigenvalue weighted by Gasteiger charge is -2.31. The summed E-state index contributed by atoms with van der Waals surface area (Å²) in [6.07, 6.45) is 0. The van der Waals surface area contributed by atoms with Gasteiger partial charge in [0.25, 0.3) is 5.69 Å². The number of hydrogen-bond acceptors (Lipinski definition) is 8. The van der Waals surface area contributed by atoms with Gasteiger partial charge in [-0.2, -0.15) is 0 Å². The third-order valence-electron chi connectivity index (χ3n) is 5.01. The number of non-ortho nitro benzene ring substituents is 1. The molecule has 1 amide bonds. The van der Waals surface area contributed by atoms with Gasteiger partial charge in [-0.25, -0.2) is 0 Å². The summed E-state index contributed by atoms with van der Waals surface area (Å²) >= 11 is 1.31. The first-order chi connectivity index (χ1) is 15.9. The largest absolute Gasteiger partial charge is 0.303 e. The van der Waals surface area contributed by atoms with Gasteiger partial charge in [-0.1, -0.05) is 72.4 Å². The number of nitro benzene ring substituents is 2. The van der Waals surface area contributed by atoms with E-state index in [0.29, 0.717) is 0 Å². The number of nitrogens with zero attached hydrogens (tertiary/aromatic N) is 3. The van der Waals surface area contributed by atoms with Crippen LogP contribution in [0.3, 0.4) is 0 Å². The van der Waals surface area contributed by atoms with Crippen LogP contribution < -0.4 is 10.7 Å². The quantitative estimate of drug-likeness (QED) is 0.403. The Morgan fingerprint density at radius 1 is 0.879 bits per heavy atom. The first kappa shape index (κ1) is 22.0. The molecule has 33 heavy (non-hydrogen) atoms. The molecule has 0 bridgehead atoms. The second-order valence-corrected chi connectivity index (χ2v) is 8.20. The Bertz CT molecular complexity index is 1240. The fourth-order valence-corrected chi connectivity index (χ4v) is 4.68. The molecule has 3 aromatic carbocycles. The molecule has 0 aliphatic carbocycles. The van der Waals surface area contributed by atoms with Crippen molar-refractivity contribution in [1.29, 1.82) is 0 Å². The number of thioether (sulfide) groups is 1. The molecule has 11 heteroatoms. The van der Waals surface area contributed by atoms with Crippen molar-refractivity contribution in [3.63, 3.8) is 0 Å². The Balaban J connectivity index is 1.65. The molecule has 166 valence electrons. The van der Waals surface area contributed by atoms with Crippen molar-refractivity contribution >= 4 is 39.9 Å². The van der Waals surface area contributed by atoms with Gasteiger partial charge in [0.1, 0.15) is 5.69 Å². The molecule has 2 unspecified atom stereocenters. The highest BCUT2D eigenvalue weighted by atomic mass is 32.2. The minimum atomic E-state index is -0.736. The second-order valence-electron chi connectivity index (χ2n) is 7.07. The average molecular weight is 463 g/mol. The van der Waals surface area contributed by atoms with Gasteiger partial charge in [0.15, 0.2) is 5.17 Å². The van der Waals surface area contributed by atoms with E-state index >= 15 is 0 Å². The summed E-state index contributed by atoms with van der Waals surface area (Å²) < 4.78 is 0. The standard InChI is InChI=1S/C22H17N5O5S/c28-21-19(14-7-3-1-4-8-14)20(15-9-5-2-6-10-15)33-22(23-21)25-24-17-12-11-16(26(29)30)13-18(17)27(31)32/h1-13,19-20,24H,(H,23,25,28). The van der Waals surface area contributed by atoms with Gasteiger partial charge in [-0.3, -0.25) is 30.4 Å². The van der Waals surface area contributed by atoms with Crippen molar-refractivity contribution in [3.05, 3.63) is 110 Å². The van der Waals surface area contributed by atoms with Crippen LogP contribution in [-0.4, -0.2) is 20.9 Å². The molecular weight excluding hydrogens is 446 g/mol. The Hall–Kier alpha value is -4.25. The number of carbonyl (C=O) groups is 1. The highest BCUT2D eigenvalue weighted by Crippen LogP contribution is 2.44. The summed E-state index contributed by atoms with van der Waals surface area (Å²) in [6.45, 7) is 0. The van der Waals surface area contributed by atoms with Crippen molar-refractivity contribution in [2.24, 2.45) is 5.10 Å². The number of anilines is 1. The van der Waals surface area contributed by atoms with E-state index in [9.17, 15) is 25.0 Å². The molecule has 3 aromatic rings. The van der Waals surface area contributed by atoms with E-state index in [1.165, 1.54) is 17.8 Å². The molecule has 2 atom stereocenters. The number of amides is 1. The third kappa shape index (κ3) is 4.83. The molecule has 1 saturated heterocycles. The maximum absolute atomic E-state index is 13.1. The van der Waals surface area contributed by atoms with E-state index < -0.39 is 27.1 Å². The smallest absolute Gasteiger partial charge is 0.301 e. The number of hydrogen-bond donors (Lipinski definition) is 2. The molecule has 1 aliphatic heterocycles. The molecule has 1 aliphatic rings. The third-order valence-corrected chi connectivity index (χ3v) is 6.22. The van der Waals surface area contributed by atoms with E-state index in [-0.39, 0.29) is 22.0 Å². The van der Waals surface area contributed by atoms with E-state index in [2.05, 4.69) is 15.8 Å². The van der Waals surface area contributed by atoms with Crippen LogP contribution in [0.15, 0.2) is 84.0 Å². The minimum absolute atomic E-state index is 0.0330. The summed E-state index contributed by atoms with van der Waals surface area (Å²) in [4.78, 5) is 33.9. The van der Waals surface area contributed by atoms with Gasteiger partial charge in [-0.15, -0.1) is 5.10 Å². The van der Waals surface area contributed by atoms with E-state index in [4.69, 9.17) is 0 Å². The van der Waals surface area contributed by atoms with Crippen LogP contribution in [0, 0.1) is 20.2 Å². The van der Waals surface area contributed by atoms with Crippen LogP contribution >= 0.6 is 11.8 Å². The van der Waals surface area contributed by atoms with Crippen molar-refractivity contribution in [2.45, 2.75) is 11.2 Å². The topological polar surface area (TPSA) is 140 Å². The van der Waals surface area contributed by atoms with Crippen molar-refractivity contribution in [2.75, 3.05) is 5.43 Å². The van der Waals surface area contributed by atoms with Crippen LogP contribution in [0.5, 0.6) is 0 Å². The summed E-state index contributed by atoms with van der Waals surface area (Å²) in [7, 11) is 0. The van der Waals surface area contributed by atoms with Gasteiger partial charge in [0.05, 0.1) is 27.1 Å².